The van der Waals surface area contributed by atoms with Gasteiger partial charge in [-0.3, -0.25) is 10.1 Å². The Morgan fingerprint density at radius 3 is 2.38 bits per heavy atom. The molecule has 3 aromatic carbocycles. The number of anilines is 3. The Hall–Kier alpha value is -4.46. The molecule has 5 N–H and O–H groups in total. The van der Waals surface area contributed by atoms with E-state index in [1.807, 2.05) is 6.07 Å². The molecule has 8 nitrogen and oxygen atoms in total. The first-order valence-electron chi connectivity index (χ1n) is 10.6. The van der Waals surface area contributed by atoms with Gasteiger partial charge in [0.05, 0.1) is 18.5 Å². The minimum Gasteiger partial charge on any atom is -0.504 e. The number of rotatable bonds is 8. The highest BCUT2D eigenvalue weighted by Crippen LogP contribution is 2.34. The topological polar surface area (TPSA) is 123 Å². The number of amides is 2. The number of aromatic hydroxyl groups is 1. The van der Waals surface area contributed by atoms with Crippen LogP contribution < -0.4 is 21.1 Å². The zero-order chi connectivity index (χ0) is 24.5. The number of hydrogen-bond acceptors (Lipinski definition) is 6. The molecule has 0 heterocycles. The van der Waals surface area contributed by atoms with Crippen LogP contribution in [0.4, 0.5) is 21.9 Å². The number of nitrogen functional groups attached to an aromatic ring is 1. The van der Waals surface area contributed by atoms with Gasteiger partial charge in [0.25, 0.3) is 0 Å². The number of carbonyl (C=O) groups excluding carboxylic acids is 2. The van der Waals surface area contributed by atoms with Crippen molar-refractivity contribution in [2.75, 3.05) is 23.5 Å². The van der Waals surface area contributed by atoms with Gasteiger partial charge < -0.3 is 25.6 Å². The zero-order valence-electron chi connectivity index (χ0n) is 18.9. The molecule has 0 saturated carbocycles. The van der Waals surface area contributed by atoms with E-state index in [0.29, 0.717) is 28.4 Å². The Morgan fingerprint density at radius 2 is 1.71 bits per heavy atom. The second-order valence-corrected chi connectivity index (χ2v) is 7.54. The van der Waals surface area contributed by atoms with E-state index >= 15 is 0 Å². The van der Waals surface area contributed by atoms with Crippen LogP contribution >= 0.6 is 0 Å². The van der Waals surface area contributed by atoms with E-state index in [0.717, 1.165) is 0 Å². The van der Waals surface area contributed by atoms with Crippen molar-refractivity contribution in [2.45, 2.75) is 13.0 Å². The third-order valence-electron chi connectivity index (χ3n) is 5.03. The molecule has 0 saturated heterocycles. The lowest BCUT2D eigenvalue weighted by atomic mass is 9.96. The molecular weight excluding hydrogens is 434 g/mol. The van der Waals surface area contributed by atoms with Crippen molar-refractivity contribution in [3.63, 3.8) is 0 Å². The van der Waals surface area contributed by atoms with Crippen molar-refractivity contribution in [1.29, 1.82) is 0 Å². The van der Waals surface area contributed by atoms with E-state index in [1.165, 1.54) is 19.3 Å². The molecule has 0 aliphatic heterocycles. The summed E-state index contributed by atoms with van der Waals surface area (Å²) in [6, 6.07) is 20.5. The summed E-state index contributed by atoms with van der Waals surface area (Å²) in [5.41, 5.74) is 7.93. The molecule has 0 radical (unpaired) electrons. The summed E-state index contributed by atoms with van der Waals surface area (Å²) in [5, 5.41) is 15.6. The largest absolute Gasteiger partial charge is 0.504 e. The van der Waals surface area contributed by atoms with Crippen LogP contribution in [0.25, 0.3) is 0 Å². The molecule has 0 aliphatic carbocycles. The van der Waals surface area contributed by atoms with Gasteiger partial charge >= 0.3 is 6.09 Å². The summed E-state index contributed by atoms with van der Waals surface area (Å²) in [7, 11) is 1.44. The number of methoxy groups -OCH3 is 1. The standard InChI is InChI=1S/C26H27N3O5/c1-17(12-15-24(31)29-21-11-7-6-10-20(21)27)25(18-13-14-23(33-2)22(30)16-18)34-26(32)28-19-8-4-3-5-9-19/h3-17,25,30H,27H2,1-2H3,(H,28,32)(H,29,31)/b15-12+/t17-,25-/m0/s1. The summed E-state index contributed by atoms with van der Waals surface area (Å²) in [5.74, 6) is -0.604. The first-order chi connectivity index (χ1) is 16.4. The first kappa shape index (κ1) is 24.2. The maximum atomic E-state index is 12.6. The van der Waals surface area contributed by atoms with Gasteiger partial charge in [-0.05, 0) is 48.0 Å². The quantitative estimate of drug-likeness (QED) is 0.273. The number of ether oxygens (including phenoxy) is 2. The molecule has 0 fully saturated rings. The van der Waals surface area contributed by atoms with Crippen molar-refractivity contribution in [2.24, 2.45) is 5.92 Å². The highest BCUT2D eigenvalue weighted by Gasteiger charge is 2.24. The summed E-state index contributed by atoms with van der Waals surface area (Å²) in [6.45, 7) is 1.79. The van der Waals surface area contributed by atoms with Crippen molar-refractivity contribution >= 4 is 29.1 Å². The molecule has 3 aromatic rings. The van der Waals surface area contributed by atoms with Crippen LogP contribution in [-0.2, 0) is 9.53 Å². The number of carbonyl (C=O) groups is 2. The molecule has 0 aliphatic rings. The third kappa shape index (κ3) is 6.52. The third-order valence-corrected chi connectivity index (χ3v) is 5.03. The number of para-hydroxylation sites is 3. The lowest BCUT2D eigenvalue weighted by Gasteiger charge is -2.23. The van der Waals surface area contributed by atoms with Gasteiger partial charge in [0, 0.05) is 11.6 Å². The Kier molecular flexibility index (Phi) is 8.12. The SMILES string of the molecule is COc1ccc([C@@H](OC(=O)Nc2ccccc2)[C@@H](C)/C=C/C(=O)Nc2ccccc2N)cc1O. The lowest BCUT2D eigenvalue weighted by Crippen LogP contribution is -2.21. The minimum absolute atomic E-state index is 0.0921. The fraction of sp³-hybridized carbons (Fsp3) is 0.154. The molecule has 34 heavy (non-hydrogen) atoms. The monoisotopic (exact) mass is 461 g/mol. The molecule has 0 spiro atoms. The van der Waals surface area contributed by atoms with E-state index in [9.17, 15) is 14.7 Å². The maximum absolute atomic E-state index is 12.6. The molecule has 2 amide bonds. The second kappa shape index (κ2) is 11.4. The Labute approximate surface area is 198 Å². The number of benzene rings is 3. The summed E-state index contributed by atoms with van der Waals surface area (Å²) < 4.78 is 10.8. The fourth-order valence-corrected chi connectivity index (χ4v) is 3.27. The highest BCUT2D eigenvalue weighted by atomic mass is 16.6. The van der Waals surface area contributed by atoms with Crippen LogP contribution in [-0.4, -0.2) is 24.2 Å². The number of hydrogen-bond donors (Lipinski definition) is 4. The van der Waals surface area contributed by atoms with Crippen LogP contribution in [0.5, 0.6) is 11.5 Å². The summed E-state index contributed by atoms with van der Waals surface area (Å²) in [6.07, 6.45) is 1.50. The predicted molar refractivity (Wildman–Crippen MR) is 132 cm³/mol. The normalized spacial score (nSPS) is 12.5. The molecule has 0 unspecified atom stereocenters. The van der Waals surface area contributed by atoms with Gasteiger partial charge in [0.2, 0.25) is 5.91 Å². The van der Waals surface area contributed by atoms with Gasteiger partial charge in [-0.25, -0.2) is 4.79 Å². The van der Waals surface area contributed by atoms with Crippen LogP contribution in [0.1, 0.15) is 18.6 Å². The molecular formula is C26H27N3O5. The van der Waals surface area contributed by atoms with Crippen LogP contribution in [0.2, 0.25) is 0 Å². The number of phenolic OH excluding ortho intramolecular Hbond substituents is 1. The van der Waals surface area contributed by atoms with E-state index < -0.39 is 18.1 Å². The average molecular weight is 462 g/mol. The number of nitrogens with one attached hydrogen (secondary N) is 2. The smallest absolute Gasteiger partial charge is 0.412 e. The summed E-state index contributed by atoms with van der Waals surface area (Å²) in [4.78, 5) is 25.0. The van der Waals surface area contributed by atoms with Gasteiger partial charge in [-0.1, -0.05) is 49.4 Å². The fourth-order valence-electron chi connectivity index (χ4n) is 3.27. The van der Waals surface area contributed by atoms with Gasteiger partial charge in [-0.2, -0.15) is 0 Å². The molecule has 3 rings (SSSR count). The van der Waals surface area contributed by atoms with Crippen LogP contribution in [0.15, 0.2) is 84.9 Å². The Bertz CT molecular complexity index is 1160. The van der Waals surface area contributed by atoms with Crippen molar-refractivity contribution in [3.05, 3.63) is 90.5 Å². The number of phenols is 1. The molecule has 0 bridgehead atoms. The lowest BCUT2D eigenvalue weighted by molar-refractivity contribution is -0.111. The highest BCUT2D eigenvalue weighted by molar-refractivity contribution is 6.01. The first-order valence-corrected chi connectivity index (χ1v) is 10.6. The van der Waals surface area contributed by atoms with Crippen LogP contribution in [0.3, 0.4) is 0 Å². The number of nitrogens with two attached hydrogens (primary N) is 1. The van der Waals surface area contributed by atoms with E-state index in [4.69, 9.17) is 15.2 Å². The molecule has 0 aromatic heterocycles. The van der Waals surface area contributed by atoms with Crippen molar-refractivity contribution in [3.8, 4) is 11.5 Å². The van der Waals surface area contributed by atoms with E-state index in [2.05, 4.69) is 10.6 Å². The molecule has 176 valence electrons. The molecule has 8 heteroatoms. The maximum Gasteiger partial charge on any atom is 0.412 e. The minimum atomic E-state index is -0.800. The Balaban J connectivity index is 1.78. The average Bonchev–Trinajstić information content (AvgIpc) is 2.83. The van der Waals surface area contributed by atoms with Crippen molar-refractivity contribution in [1.82, 2.24) is 0 Å². The van der Waals surface area contributed by atoms with E-state index in [1.54, 1.807) is 73.7 Å². The van der Waals surface area contributed by atoms with Gasteiger partial charge in [0.15, 0.2) is 11.5 Å². The van der Waals surface area contributed by atoms with E-state index in [-0.39, 0.29) is 11.7 Å². The molecule has 2 atom stereocenters. The van der Waals surface area contributed by atoms with Crippen LogP contribution in [0, 0.1) is 5.92 Å². The predicted octanol–water partition coefficient (Wildman–Crippen LogP) is 5.10. The summed E-state index contributed by atoms with van der Waals surface area (Å²) >= 11 is 0. The Morgan fingerprint density at radius 1 is 1.00 bits per heavy atom. The van der Waals surface area contributed by atoms with Gasteiger partial charge in [0.1, 0.15) is 6.10 Å². The van der Waals surface area contributed by atoms with Crippen molar-refractivity contribution < 1.29 is 24.2 Å². The van der Waals surface area contributed by atoms with Gasteiger partial charge in [-0.15, -0.1) is 0 Å². The zero-order valence-corrected chi connectivity index (χ0v) is 18.9. The second-order valence-electron chi connectivity index (χ2n) is 7.54.